The van der Waals surface area contributed by atoms with E-state index in [1.54, 1.807) is 6.92 Å². The number of carbonyl (C=O) groups is 1. The van der Waals surface area contributed by atoms with Gasteiger partial charge in [-0.1, -0.05) is 65.7 Å². The molecule has 0 amide bonds. The van der Waals surface area contributed by atoms with Crippen molar-refractivity contribution in [1.82, 2.24) is 10.6 Å². The first-order valence-corrected chi connectivity index (χ1v) is 10.5. The number of carboxylic acid groups (broad SMARTS) is 1. The average Bonchev–Trinajstić information content (AvgIpc) is 2.63. The van der Waals surface area contributed by atoms with E-state index in [2.05, 4.69) is 17.6 Å². The molecule has 4 unspecified atom stereocenters. The van der Waals surface area contributed by atoms with Crippen molar-refractivity contribution in [2.45, 2.75) is 109 Å². The summed E-state index contributed by atoms with van der Waals surface area (Å²) in [6.07, 6.45) is 9.52. The van der Waals surface area contributed by atoms with E-state index in [-0.39, 0.29) is 6.04 Å². The molecule has 0 aromatic carbocycles. The molecule has 6 heteroatoms. The fraction of sp³-hybridized carbons (Fsp3) is 0.950. The van der Waals surface area contributed by atoms with E-state index in [0.29, 0.717) is 19.4 Å². The lowest BCUT2D eigenvalue weighted by Crippen LogP contribution is -2.53. The zero-order valence-electron chi connectivity index (χ0n) is 17.0. The maximum Gasteiger partial charge on any atom is 0.323 e. The first kappa shape index (κ1) is 25.3. The van der Waals surface area contributed by atoms with Gasteiger partial charge in [-0.3, -0.25) is 4.79 Å². The summed E-state index contributed by atoms with van der Waals surface area (Å²) in [6.45, 7) is 7.02. The van der Waals surface area contributed by atoms with Crippen molar-refractivity contribution < 1.29 is 20.1 Å². The van der Waals surface area contributed by atoms with Gasteiger partial charge in [-0.2, -0.15) is 0 Å². The second-order valence-electron chi connectivity index (χ2n) is 7.21. The maximum absolute atomic E-state index is 11.3. The Morgan fingerprint density at radius 1 is 0.808 bits per heavy atom. The molecule has 0 saturated carbocycles. The van der Waals surface area contributed by atoms with Gasteiger partial charge in [-0.05, 0) is 25.8 Å². The molecule has 0 aliphatic carbocycles. The van der Waals surface area contributed by atoms with Gasteiger partial charge in [0.15, 0.2) is 0 Å². The number of hydrogen-bond acceptors (Lipinski definition) is 5. The molecule has 0 aromatic heterocycles. The van der Waals surface area contributed by atoms with Crippen molar-refractivity contribution in [3.63, 3.8) is 0 Å². The van der Waals surface area contributed by atoms with E-state index in [1.807, 2.05) is 6.92 Å². The first-order chi connectivity index (χ1) is 12.5. The summed E-state index contributed by atoms with van der Waals surface area (Å²) in [5, 5.41) is 35.5. The van der Waals surface area contributed by atoms with Crippen molar-refractivity contribution in [3.05, 3.63) is 0 Å². The summed E-state index contributed by atoms with van der Waals surface area (Å²) < 4.78 is 0. The molecule has 0 rings (SSSR count). The Morgan fingerprint density at radius 3 is 1.85 bits per heavy atom. The molecule has 26 heavy (non-hydrogen) atoms. The quantitative estimate of drug-likeness (QED) is 0.236. The van der Waals surface area contributed by atoms with Crippen LogP contribution in [0.15, 0.2) is 0 Å². The summed E-state index contributed by atoms with van der Waals surface area (Å²) in [6, 6.07) is -1.22. The summed E-state index contributed by atoms with van der Waals surface area (Å²) in [5.74, 6) is -1.06. The van der Waals surface area contributed by atoms with Crippen LogP contribution in [0.3, 0.4) is 0 Å². The van der Waals surface area contributed by atoms with Gasteiger partial charge in [0, 0.05) is 12.6 Å². The van der Waals surface area contributed by atoms with Crippen LogP contribution < -0.4 is 10.6 Å². The number of aliphatic hydroxyl groups excluding tert-OH is 2. The van der Waals surface area contributed by atoms with Crippen LogP contribution in [0, 0.1) is 0 Å². The second-order valence-corrected chi connectivity index (χ2v) is 7.21. The second kappa shape index (κ2) is 16.5. The fourth-order valence-electron chi connectivity index (χ4n) is 3.05. The highest BCUT2D eigenvalue weighted by Crippen LogP contribution is 2.08. The van der Waals surface area contributed by atoms with Gasteiger partial charge in [0.2, 0.25) is 0 Å². The van der Waals surface area contributed by atoms with E-state index >= 15 is 0 Å². The van der Waals surface area contributed by atoms with Crippen LogP contribution in [-0.4, -0.2) is 58.7 Å². The van der Waals surface area contributed by atoms with Gasteiger partial charge >= 0.3 is 5.97 Å². The summed E-state index contributed by atoms with van der Waals surface area (Å²) in [7, 11) is 0. The molecule has 156 valence electrons. The highest BCUT2D eigenvalue weighted by Gasteiger charge is 2.27. The molecular weight excluding hydrogens is 332 g/mol. The molecule has 4 atom stereocenters. The van der Waals surface area contributed by atoms with Crippen LogP contribution in [0.25, 0.3) is 0 Å². The first-order valence-electron chi connectivity index (χ1n) is 10.5. The Morgan fingerprint density at radius 2 is 1.35 bits per heavy atom. The van der Waals surface area contributed by atoms with Gasteiger partial charge in [0.1, 0.15) is 6.04 Å². The van der Waals surface area contributed by atoms with Crippen molar-refractivity contribution in [2.24, 2.45) is 0 Å². The standard InChI is InChI=1S/C20H42N2O4/c1-4-7-8-9-10-11-12-13-14-21-16(17(23)5-2)15-22-19(20(25)26)18(24)6-3/h16-19,21-24H,4-15H2,1-3H3,(H,25,26). The average molecular weight is 375 g/mol. The minimum Gasteiger partial charge on any atom is -0.480 e. The highest BCUT2D eigenvalue weighted by molar-refractivity contribution is 5.74. The number of rotatable bonds is 18. The predicted octanol–water partition coefficient (Wildman–Crippen LogP) is 2.67. The van der Waals surface area contributed by atoms with Crippen LogP contribution in [0.4, 0.5) is 0 Å². The van der Waals surface area contributed by atoms with Crippen LogP contribution in [0.5, 0.6) is 0 Å². The van der Waals surface area contributed by atoms with Gasteiger partial charge in [-0.25, -0.2) is 0 Å². The Hall–Kier alpha value is -0.690. The number of aliphatic carboxylic acids is 1. The molecule has 0 aliphatic rings. The normalized spacial score (nSPS) is 16.2. The molecule has 0 heterocycles. The van der Waals surface area contributed by atoms with Crippen LogP contribution in [0.1, 0.15) is 85.0 Å². The lowest BCUT2D eigenvalue weighted by Gasteiger charge is -2.27. The third-order valence-corrected chi connectivity index (χ3v) is 4.95. The molecule has 0 radical (unpaired) electrons. The van der Waals surface area contributed by atoms with E-state index in [1.165, 1.54) is 44.9 Å². The summed E-state index contributed by atoms with van der Waals surface area (Å²) in [5.41, 5.74) is 0. The van der Waals surface area contributed by atoms with Gasteiger partial charge in [0.25, 0.3) is 0 Å². The molecule has 6 nitrogen and oxygen atoms in total. The maximum atomic E-state index is 11.3. The molecule has 5 N–H and O–H groups in total. The Kier molecular flexibility index (Phi) is 16.0. The third-order valence-electron chi connectivity index (χ3n) is 4.95. The smallest absolute Gasteiger partial charge is 0.323 e. The van der Waals surface area contributed by atoms with Gasteiger partial charge in [-0.15, -0.1) is 0 Å². The zero-order chi connectivity index (χ0) is 19.8. The van der Waals surface area contributed by atoms with E-state index < -0.39 is 24.2 Å². The largest absolute Gasteiger partial charge is 0.480 e. The summed E-state index contributed by atoms with van der Waals surface area (Å²) in [4.78, 5) is 11.3. The Bertz CT molecular complexity index is 342. The lowest BCUT2D eigenvalue weighted by atomic mass is 10.1. The van der Waals surface area contributed by atoms with E-state index in [4.69, 9.17) is 0 Å². The molecule has 0 spiro atoms. The molecule has 0 fully saturated rings. The van der Waals surface area contributed by atoms with Crippen LogP contribution in [0.2, 0.25) is 0 Å². The Labute approximate surface area is 159 Å². The molecule has 0 aromatic rings. The van der Waals surface area contributed by atoms with Crippen LogP contribution >= 0.6 is 0 Å². The monoisotopic (exact) mass is 374 g/mol. The van der Waals surface area contributed by atoms with E-state index in [0.717, 1.165) is 13.0 Å². The Balaban J connectivity index is 4.11. The molecule has 0 saturated heterocycles. The minimum atomic E-state index is -1.06. The topological polar surface area (TPSA) is 102 Å². The third kappa shape index (κ3) is 11.8. The SMILES string of the molecule is CCCCCCCCCCNC(CNC(C(=O)O)C(O)CC)C(O)CC. The number of carboxylic acids is 1. The number of hydrogen-bond donors (Lipinski definition) is 5. The lowest BCUT2D eigenvalue weighted by molar-refractivity contribution is -0.142. The van der Waals surface area contributed by atoms with Gasteiger partial charge < -0.3 is 26.0 Å². The molecule has 0 bridgehead atoms. The van der Waals surface area contributed by atoms with Crippen molar-refractivity contribution in [1.29, 1.82) is 0 Å². The molecule has 0 aliphatic heterocycles. The number of nitrogens with one attached hydrogen (secondary N) is 2. The number of aliphatic hydroxyl groups is 2. The van der Waals surface area contributed by atoms with Crippen LogP contribution in [-0.2, 0) is 4.79 Å². The van der Waals surface area contributed by atoms with Crippen molar-refractivity contribution >= 4 is 5.97 Å². The van der Waals surface area contributed by atoms with Crippen molar-refractivity contribution in [2.75, 3.05) is 13.1 Å². The zero-order valence-corrected chi connectivity index (χ0v) is 17.0. The summed E-state index contributed by atoms with van der Waals surface area (Å²) >= 11 is 0. The minimum absolute atomic E-state index is 0.213. The van der Waals surface area contributed by atoms with E-state index in [9.17, 15) is 20.1 Å². The fourth-order valence-corrected chi connectivity index (χ4v) is 3.05. The van der Waals surface area contributed by atoms with Gasteiger partial charge in [0.05, 0.1) is 12.2 Å². The molecular formula is C20H42N2O4. The van der Waals surface area contributed by atoms with Crippen molar-refractivity contribution in [3.8, 4) is 0 Å². The highest BCUT2D eigenvalue weighted by atomic mass is 16.4. The number of unbranched alkanes of at least 4 members (excludes halogenated alkanes) is 7. The predicted molar refractivity (Wildman–Crippen MR) is 106 cm³/mol.